The third kappa shape index (κ3) is 12.7. The molecule has 92 heavy (non-hydrogen) atoms. The highest BCUT2D eigenvalue weighted by atomic mass is 32.3. The van der Waals surface area contributed by atoms with Crippen molar-refractivity contribution in [3.63, 3.8) is 0 Å². The van der Waals surface area contributed by atoms with Gasteiger partial charge in [0.15, 0.2) is 37.6 Å². The maximum absolute atomic E-state index is 14.5. The molecule has 32 atom stereocenters. The maximum atomic E-state index is 14.5. The van der Waals surface area contributed by atoms with Gasteiger partial charge in [-0.25, -0.2) is 8.98 Å². The molecule has 1 spiro atoms. The fraction of sp³-hybridized carbons (Fsp3) is 0.917. The van der Waals surface area contributed by atoms with E-state index in [9.17, 15) is 88.6 Å². The number of carboxylic acids is 1. The highest BCUT2D eigenvalue weighted by molar-refractivity contribution is 7.80. The summed E-state index contributed by atoms with van der Waals surface area (Å²) in [4.78, 5) is 39.8. The van der Waals surface area contributed by atoms with Crippen molar-refractivity contribution in [3.8, 4) is 0 Å². The van der Waals surface area contributed by atoms with E-state index < -0.39 is 212 Å². The van der Waals surface area contributed by atoms with Crippen LogP contribution in [-0.2, 0) is 85.8 Å². The summed E-state index contributed by atoms with van der Waals surface area (Å²) in [6, 6.07) is 0. The molecule has 0 aromatic rings. The minimum absolute atomic E-state index is 0.0328. The average molecular weight is 1340 g/mol. The van der Waals surface area contributed by atoms with Crippen molar-refractivity contribution >= 4 is 28.1 Å². The lowest BCUT2D eigenvalue weighted by molar-refractivity contribution is -0.394. The number of cyclic esters (lactones) is 1. The Morgan fingerprint density at radius 3 is 1.93 bits per heavy atom. The Morgan fingerprint density at radius 2 is 1.28 bits per heavy atom. The molecule has 0 bridgehead atoms. The minimum Gasteiger partial charge on any atom is -0.479 e. The zero-order chi connectivity index (χ0) is 67.4. The first-order chi connectivity index (χ1) is 43.0. The molecule has 32 unspecified atom stereocenters. The number of ether oxygens (including phenoxy) is 12. The van der Waals surface area contributed by atoms with Crippen molar-refractivity contribution in [3.05, 3.63) is 11.6 Å². The monoisotopic (exact) mass is 1340 g/mol. The Bertz CT molecular complexity index is 2790. The van der Waals surface area contributed by atoms with Crippen LogP contribution in [0.15, 0.2) is 11.6 Å². The first kappa shape index (κ1) is 72.1. The second-order valence-electron chi connectivity index (χ2n) is 28.7. The van der Waals surface area contributed by atoms with Crippen molar-refractivity contribution in [1.82, 2.24) is 0 Å². The normalized spacial score (nSPS) is 50.2. The van der Waals surface area contributed by atoms with Gasteiger partial charge in [-0.2, -0.15) is 8.42 Å². The number of aliphatic hydroxyl groups excluding tert-OH is 11. The SMILES string of the molecule is COC1C(O)C(OC2C(O)C(CO)OC(OC3C(C)OC(OC4C(OC5CCC6(C)C7CCC89C(=O)OC(C)(CC(=O)CC(C)C)C8CCC9(C)C7=CCC6C5(C)C)OCC(OC5OC(COS(=O)(=O)O)C(O)C(O)C5O)C4O)C(O)C3O)C2O)OC(C(=O)O)C1O. The number of methoxy groups -OCH3 is 1. The largest absolute Gasteiger partial charge is 0.479 e. The molecule has 0 aromatic carbocycles. The first-order valence-electron chi connectivity index (χ1n) is 31.7. The van der Waals surface area contributed by atoms with Crippen LogP contribution in [0.25, 0.3) is 0 Å². The van der Waals surface area contributed by atoms with Crippen molar-refractivity contribution in [2.45, 2.75) is 272 Å². The van der Waals surface area contributed by atoms with Crippen LogP contribution >= 0.6 is 0 Å². The van der Waals surface area contributed by atoms with E-state index in [0.29, 0.717) is 38.5 Å². The molecule has 32 heteroatoms. The number of carbonyl (C=O) groups excluding carboxylic acids is 2. The van der Waals surface area contributed by atoms with E-state index >= 15 is 0 Å². The number of hydrogen-bond donors (Lipinski definition) is 13. The molecule has 4 aliphatic carbocycles. The molecule has 31 nitrogen and oxygen atoms in total. The summed E-state index contributed by atoms with van der Waals surface area (Å²) in [6.07, 6.45) is -37.6. The summed E-state index contributed by atoms with van der Waals surface area (Å²) < 4.78 is 108. The molecule has 10 aliphatic rings. The predicted octanol–water partition coefficient (Wildman–Crippen LogP) is -2.39. The van der Waals surface area contributed by atoms with Gasteiger partial charge in [0.25, 0.3) is 0 Å². The number of allylic oxidation sites excluding steroid dienone is 2. The van der Waals surface area contributed by atoms with Crippen LogP contribution in [0.1, 0.15) is 113 Å². The third-order valence-corrected chi connectivity index (χ3v) is 22.8. The predicted molar refractivity (Wildman–Crippen MR) is 304 cm³/mol. The van der Waals surface area contributed by atoms with E-state index in [4.69, 9.17) is 56.8 Å². The van der Waals surface area contributed by atoms with E-state index in [2.05, 4.69) is 38.0 Å². The summed E-state index contributed by atoms with van der Waals surface area (Å²) in [5.41, 5.74) is -1.95. The summed E-state index contributed by atoms with van der Waals surface area (Å²) in [5.74, 6) is -1.75. The van der Waals surface area contributed by atoms with Crippen LogP contribution in [-0.4, -0.2) is 278 Å². The van der Waals surface area contributed by atoms with Crippen LogP contribution in [0.4, 0.5) is 0 Å². The minimum atomic E-state index is -5.09. The molecule has 0 radical (unpaired) electrons. The van der Waals surface area contributed by atoms with Crippen molar-refractivity contribution in [2.75, 3.05) is 26.9 Å². The number of aliphatic carboxylic acids is 1. The lowest BCUT2D eigenvalue weighted by Gasteiger charge is -2.64. The van der Waals surface area contributed by atoms with Gasteiger partial charge in [-0.3, -0.25) is 14.1 Å². The molecule has 6 heterocycles. The number of aliphatic hydroxyl groups is 11. The highest BCUT2D eigenvalue weighted by Crippen LogP contribution is 2.76. The number of carbonyl (C=O) groups is 3. The lowest BCUT2D eigenvalue weighted by Crippen LogP contribution is -2.67. The van der Waals surface area contributed by atoms with E-state index in [1.807, 2.05) is 20.8 Å². The van der Waals surface area contributed by atoms with Crippen LogP contribution in [0.2, 0.25) is 0 Å². The number of ketones is 1. The number of fused-ring (bicyclic) bond motifs is 4. The van der Waals surface area contributed by atoms with Gasteiger partial charge in [-0.15, -0.1) is 0 Å². The zero-order valence-corrected chi connectivity index (χ0v) is 53.7. The molecule has 10 rings (SSSR count). The maximum Gasteiger partial charge on any atom is 0.397 e. The fourth-order valence-electron chi connectivity index (χ4n) is 17.7. The van der Waals surface area contributed by atoms with Gasteiger partial charge in [0.2, 0.25) is 0 Å². The van der Waals surface area contributed by atoms with Crippen LogP contribution in [0.5, 0.6) is 0 Å². The summed E-state index contributed by atoms with van der Waals surface area (Å²) in [5, 5.41) is 133. The third-order valence-electron chi connectivity index (χ3n) is 22.4. The summed E-state index contributed by atoms with van der Waals surface area (Å²) in [7, 11) is -4.02. The molecule has 6 saturated heterocycles. The Morgan fingerprint density at radius 1 is 0.663 bits per heavy atom. The van der Waals surface area contributed by atoms with Gasteiger partial charge in [0.1, 0.15) is 115 Å². The zero-order valence-electron chi connectivity index (χ0n) is 52.9. The number of rotatable bonds is 20. The van der Waals surface area contributed by atoms with Gasteiger partial charge >= 0.3 is 22.3 Å². The van der Waals surface area contributed by atoms with E-state index in [1.165, 1.54) is 12.5 Å². The first-order valence-corrected chi connectivity index (χ1v) is 33.1. The van der Waals surface area contributed by atoms with E-state index in [-0.39, 0.29) is 47.3 Å². The van der Waals surface area contributed by atoms with Gasteiger partial charge in [0.05, 0.1) is 37.4 Å². The number of esters is 1. The number of hydrogen-bond acceptors (Lipinski definition) is 29. The molecule has 526 valence electrons. The molecule has 3 saturated carbocycles. The number of Topliss-reactive ketones (excluding diaryl/α,β-unsaturated/α-hetero) is 1. The lowest BCUT2D eigenvalue weighted by atomic mass is 9.41. The smallest absolute Gasteiger partial charge is 0.397 e. The Kier molecular flexibility index (Phi) is 21.1. The highest BCUT2D eigenvalue weighted by Gasteiger charge is 2.76. The van der Waals surface area contributed by atoms with Gasteiger partial charge in [-0.05, 0) is 87.4 Å². The van der Waals surface area contributed by atoms with Crippen LogP contribution in [0.3, 0.4) is 0 Å². The Hall–Kier alpha value is -2.66. The second kappa shape index (κ2) is 26.9. The molecular weight excluding hydrogens is 1250 g/mol. The van der Waals surface area contributed by atoms with Crippen LogP contribution < -0.4 is 0 Å². The summed E-state index contributed by atoms with van der Waals surface area (Å²) >= 11 is 0. The topological polar surface area (TPSA) is 468 Å². The standard InChI is InChI=1S/C60H94O31S/c1-23(2)18-25(62)19-59(8)32-13-16-58(7)27-10-11-31-56(4,5)33(14-15-57(31,6)26(27)12-17-60(32,58)55(75)91-59)86-54-48(36(65)29(21-80-54)84-51-39(68)37(66)34(63)30(85-51)22-81-92(76,77)78)90-50-40(69)38(67)44(24(3)82-50)87-52-43(72)46(35(64)28(20-61)83-52)88-53-42(71)45(79-9)41(70)47(89-53)49(73)74/h10,23-24,26,28-48,50-54,61,63-72H,11-22H2,1-9H3,(H,73,74)(H,76,77,78). The molecule has 9 fully saturated rings. The van der Waals surface area contributed by atoms with Gasteiger partial charge in [0, 0.05) is 31.3 Å². The summed E-state index contributed by atoms with van der Waals surface area (Å²) in [6.45, 7) is 13.4. The molecule has 0 aromatic heterocycles. The Labute approximate surface area is 532 Å². The number of carboxylic acid groups (broad SMARTS) is 1. The molecule has 0 amide bonds. The van der Waals surface area contributed by atoms with Gasteiger partial charge in [-0.1, -0.05) is 53.2 Å². The fourth-order valence-corrected chi connectivity index (χ4v) is 18.0. The molecular formula is C60H94O31S. The van der Waals surface area contributed by atoms with Crippen molar-refractivity contribution < 1.29 is 150 Å². The molecule has 6 aliphatic heterocycles. The Balaban J connectivity index is 0.877. The molecule has 13 N–H and O–H groups in total. The second-order valence-corrected chi connectivity index (χ2v) is 29.8. The van der Waals surface area contributed by atoms with E-state index in [0.717, 1.165) is 20.0 Å². The van der Waals surface area contributed by atoms with Crippen molar-refractivity contribution in [1.29, 1.82) is 0 Å². The quantitative estimate of drug-likeness (QED) is 0.0344. The average Bonchev–Trinajstić information content (AvgIpc) is 1.46. The van der Waals surface area contributed by atoms with Gasteiger partial charge < -0.3 is 118 Å². The van der Waals surface area contributed by atoms with E-state index in [1.54, 1.807) is 0 Å². The van der Waals surface area contributed by atoms with Crippen molar-refractivity contribution in [2.24, 2.45) is 45.3 Å². The van der Waals surface area contributed by atoms with Crippen LogP contribution in [0, 0.1) is 45.3 Å².